The van der Waals surface area contributed by atoms with Crippen LogP contribution in [0.25, 0.3) is 5.69 Å². The van der Waals surface area contributed by atoms with Crippen LogP contribution in [0.4, 0.5) is 5.69 Å². The fraction of sp³-hybridized carbons (Fsp3) is 0.167. The molecule has 1 aromatic carbocycles. The summed E-state index contributed by atoms with van der Waals surface area (Å²) in [6.45, 7) is 0.551. The Morgan fingerprint density at radius 3 is 2.95 bits per heavy atom. The number of nitrogens with zero attached hydrogens (tertiary/aromatic N) is 6. The Labute approximate surface area is 120 Å². The first-order valence-corrected chi connectivity index (χ1v) is 6.34. The summed E-state index contributed by atoms with van der Waals surface area (Å²) in [7, 11) is 1.83. The Kier molecular flexibility index (Phi) is 3.34. The third-order valence-corrected chi connectivity index (χ3v) is 3.05. The number of anilines is 1. The molecule has 7 nitrogen and oxygen atoms in total. The van der Waals surface area contributed by atoms with E-state index >= 15 is 0 Å². The average molecular weight is 290 g/mol. The number of rotatable bonds is 4. The molecule has 0 aliphatic carbocycles. The first kappa shape index (κ1) is 12.6. The van der Waals surface area contributed by atoms with Gasteiger partial charge in [0.15, 0.2) is 0 Å². The van der Waals surface area contributed by atoms with Crippen LogP contribution >= 0.6 is 11.6 Å². The van der Waals surface area contributed by atoms with Crippen molar-refractivity contribution in [1.82, 2.24) is 29.8 Å². The molecular weight excluding hydrogens is 278 g/mol. The van der Waals surface area contributed by atoms with Crippen molar-refractivity contribution < 1.29 is 0 Å². The first-order chi connectivity index (χ1) is 9.74. The molecule has 1 N–H and O–H groups in total. The van der Waals surface area contributed by atoms with Crippen LogP contribution in [0.5, 0.6) is 0 Å². The molecule has 0 saturated carbocycles. The van der Waals surface area contributed by atoms with Crippen molar-refractivity contribution >= 4 is 17.3 Å². The zero-order chi connectivity index (χ0) is 13.9. The van der Waals surface area contributed by atoms with Crippen molar-refractivity contribution in [3.63, 3.8) is 0 Å². The largest absolute Gasteiger partial charge is 0.377 e. The summed E-state index contributed by atoms with van der Waals surface area (Å²) in [5.41, 5.74) is 2.46. The maximum Gasteiger partial charge on any atom is 0.138 e. The fourth-order valence-corrected chi connectivity index (χ4v) is 2.14. The summed E-state index contributed by atoms with van der Waals surface area (Å²) >= 11 is 6.25. The minimum atomic E-state index is 0.551. The second-order valence-corrected chi connectivity index (χ2v) is 4.62. The zero-order valence-electron chi connectivity index (χ0n) is 10.7. The van der Waals surface area contributed by atoms with Crippen LogP contribution in [-0.4, -0.2) is 29.8 Å². The van der Waals surface area contributed by atoms with Gasteiger partial charge in [-0.15, -0.1) is 5.10 Å². The Morgan fingerprint density at radius 1 is 1.35 bits per heavy atom. The van der Waals surface area contributed by atoms with E-state index in [1.165, 1.54) is 6.33 Å². The normalized spacial score (nSPS) is 10.7. The van der Waals surface area contributed by atoms with Gasteiger partial charge < -0.3 is 5.32 Å². The number of hydrogen-bond donors (Lipinski definition) is 1. The minimum absolute atomic E-state index is 0.551. The summed E-state index contributed by atoms with van der Waals surface area (Å²) in [6.07, 6.45) is 4.93. The Bertz CT molecular complexity index is 704. The molecule has 3 aromatic rings. The van der Waals surface area contributed by atoms with Crippen molar-refractivity contribution in [2.75, 3.05) is 5.32 Å². The van der Waals surface area contributed by atoms with E-state index in [4.69, 9.17) is 11.6 Å². The Morgan fingerprint density at radius 2 is 2.25 bits per heavy atom. The minimum Gasteiger partial charge on any atom is -0.377 e. The zero-order valence-corrected chi connectivity index (χ0v) is 11.5. The second kappa shape index (κ2) is 5.30. The van der Waals surface area contributed by atoms with Crippen LogP contribution in [-0.2, 0) is 13.6 Å². The van der Waals surface area contributed by atoms with E-state index in [-0.39, 0.29) is 0 Å². The molecule has 20 heavy (non-hydrogen) atoms. The third-order valence-electron chi connectivity index (χ3n) is 2.74. The van der Waals surface area contributed by atoms with Crippen LogP contribution < -0.4 is 5.32 Å². The maximum atomic E-state index is 6.25. The summed E-state index contributed by atoms with van der Waals surface area (Å²) in [6, 6.07) is 5.62. The van der Waals surface area contributed by atoms with Crippen LogP contribution in [0.1, 0.15) is 5.69 Å². The first-order valence-electron chi connectivity index (χ1n) is 5.96. The van der Waals surface area contributed by atoms with Gasteiger partial charge in [-0.2, -0.15) is 5.10 Å². The van der Waals surface area contributed by atoms with E-state index in [9.17, 15) is 0 Å². The van der Waals surface area contributed by atoms with E-state index in [0.29, 0.717) is 11.6 Å². The molecule has 102 valence electrons. The highest BCUT2D eigenvalue weighted by molar-refractivity contribution is 6.33. The van der Waals surface area contributed by atoms with Gasteiger partial charge in [-0.25, -0.2) is 9.67 Å². The lowest BCUT2D eigenvalue weighted by Crippen LogP contribution is -2.05. The maximum absolute atomic E-state index is 6.25. The highest BCUT2D eigenvalue weighted by Crippen LogP contribution is 2.27. The number of halogens is 1. The lowest BCUT2D eigenvalue weighted by Gasteiger charge is -2.12. The highest BCUT2D eigenvalue weighted by atomic mass is 35.5. The second-order valence-electron chi connectivity index (χ2n) is 4.21. The van der Waals surface area contributed by atoms with Gasteiger partial charge in [0.25, 0.3) is 0 Å². The average Bonchev–Trinajstić information content (AvgIpc) is 3.08. The molecule has 0 atom stereocenters. The third kappa shape index (κ3) is 2.48. The van der Waals surface area contributed by atoms with E-state index < -0.39 is 0 Å². The van der Waals surface area contributed by atoms with Gasteiger partial charge in [0.1, 0.15) is 24.0 Å². The lowest BCUT2D eigenvalue weighted by atomic mass is 10.2. The van der Waals surface area contributed by atoms with Gasteiger partial charge in [-0.05, 0) is 12.1 Å². The molecule has 0 aliphatic rings. The molecule has 0 saturated heterocycles. The summed E-state index contributed by atoms with van der Waals surface area (Å²) in [4.78, 5) is 3.94. The summed E-state index contributed by atoms with van der Waals surface area (Å²) in [5.74, 6) is 0. The van der Waals surface area contributed by atoms with Crippen molar-refractivity contribution in [3.05, 3.63) is 47.8 Å². The highest BCUT2D eigenvalue weighted by Gasteiger charge is 2.10. The molecule has 0 amide bonds. The molecule has 0 unspecified atom stereocenters. The Balaban J connectivity index is 1.88. The van der Waals surface area contributed by atoms with Crippen LogP contribution in [0, 0.1) is 0 Å². The molecule has 0 spiro atoms. The molecule has 8 heteroatoms. The van der Waals surface area contributed by atoms with Gasteiger partial charge >= 0.3 is 0 Å². The number of aromatic nitrogens is 6. The van der Waals surface area contributed by atoms with Gasteiger partial charge in [-0.1, -0.05) is 22.9 Å². The lowest BCUT2D eigenvalue weighted by molar-refractivity contribution is 0.713. The number of nitrogens with one attached hydrogen (secondary N) is 1. The van der Waals surface area contributed by atoms with Crippen LogP contribution in [0.3, 0.4) is 0 Å². The molecular formula is C12H12ClN7. The molecule has 2 aromatic heterocycles. The monoisotopic (exact) mass is 289 g/mol. The van der Waals surface area contributed by atoms with E-state index in [1.54, 1.807) is 15.7 Å². The standard InChI is InChI=1S/C12H12ClN7/c1-19-6-9(17-18-19)5-15-11-4-2-3-10(13)12(11)20-8-14-7-16-20/h2-4,6-8,15H,5H2,1H3. The number of benzene rings is 1. The molecule has 2 heterocycles. The van der Waals surface area contributed by atoms with Gasteiger partial charge in [0.05, 0.1) is 17.3 Å². The fourth-order valence-electron chi connectivity index (χ4n) is 1.88. The van der Waals surface area contributed by atoms with Crippen molar-refractivity contribution in [2.45, 2.75) is 6.54 Å². The number of hydrogen-bond acceptors (Lipinski definition) is 5. The van der Waals surface area contributed by atoms with E-state index in [1.807, 2.05) is 31.4 Å². The number of para-hydroxylation sites is 1. The topological polar surface area (TPSA) is 73.5 Å². The predicted octanol–water partition coefficient (Wildman–Crippen LogP) is 1.66. The predicted molar refractivity (Wildman–Crippen MR) is 74.7 cm³/mol. The van der Waals surface area contributed by atoms with Crippen LogP contribution in [0.2, 0.25) is 5.02 Å². The molecule has 0 radical (unpaired) electrons. The van der Waals surface area contributed by atoms with Crippen LogP contribution in [0.15, 0.2) is 37.1 Å². The number of aryl methyl sites for hydroxylation is 1. The smallest absolute Gasteiger partial charge is 0.138 e. The van der Waals surface area contributed by atoms with Gasteiger partial charge in [-0.3, -0.25) is 4.68 Å². The van der Waals surface area contributed by atoms with E-state index in [2.05, 4.69) is 25.7 Å². The van der Waals surface area contributed by atoms with Gasteiger partial charge in [0.2, 0.25) is 0 Å². The quantitative estimate of drug-likeness (QED) is 0.791. The molecule has 0 fully saturated rings. The summed E-state index contributed by atoms with van der Waals surface area (Å²) < 4.78 is 3.29. The molecule has 0 aliphatic heterocycles. The Hall–Kier alpha value is -2.41. The van der Waals surface area contributed by atoms with Crippen molar-refractivity contribution in [3.8, 4) is 5.69 Å². The molecule has 0 bridgehead atoms. The van der Waals surface area contributed by atoms with Crippen molar-refractivity contribution in [2.24, 2.45) is 7.05 Å². The van der Waals surface area contributed by atoms with E-state index in [0.717, 1.165) is 17.1 Å². The summed E-state index contributed by atoms with van der Waals surface area (Å²) in [5, 5.41) is 15.9. The van der Waals surface area contributed by atoms with Gasteiger partial charge in [0, 0.05) is 13.2 Å². The molecule has 3 rings (SSSR count). The SMILES string of the molecule is Cn1cc(CNc2cccc(Cl)c2-n2cncn2)nn1. The van der Waals surface area contributed by atoms with Crippen molar-refractivity contribution in [1.29, 1.82) is 0 Å².